The van der Waals surface area contributed by atoms with E-state index in [9.17, 15) is 22.8 Å². The largest absolute Gasteiger partial charge is 0.348 e. The summed E-state index contributed by atoms with van der Waals surface area (Å²) < 4.78 is 40.5. The highest BCUT2D eigenvalue weighted by Crippen LogP contribution is 2.40. The van der Waals surface area contributed by atoms with E-state index in [0.29, 0.717) is 29.0 Å². The third-order valence-electron chi connectivity index (χ3n) is 5.75. The van der Waals surface area contributed by atoms with E-state index in [2.05, 4.69) is 5.32 Å². The van der Waals surface area contributed by atoms with Gasteiger partial charge in [-0.2, -0.15) is 0 Å². The maximum atomic E-state index is 13.8. The first kappa shape index (κ1) is 23.2. The Morgan fingerprint density at radius 3 is 2.52 bits per heavy atom. The zero-order chi connectivity index (χ0) is 23.7. The second kappa shape index (κ2) is 9.47. The fourth-order valence-electron chi connectivity index (χ4n) is 4.08. The van der Waals surface area contributed by atoms with Gasteiger partial charge < -0.3 is 5.32 Å². The maximum Gasteiger partial charge on any atom is 0.251 e. The minimum atomic E-state index is -0.706. The molecule has 1 aliphatic heterocycles. The second-order valence-electron chi connectivity index (χ2n) is 8.29. The van der Waals surface area contributed by atoms with Crippen molar-refractivity contribution in [1.29, 1.82) is 0 Å². The smallest absolute Gasteiger partial charge is 0.251 e. The molecule has 0 spiro atoms. The Kier molecular flexibility index (Phi) is 6.65. The van der Waals surface area contributed by atoms with Gasteiger partial charge in [-0.3, -0.25) is 14.5 Å². The molecule has 1 saturated heterocycles. The molecular weight excluding hydrogens is 449 g/mol. The molecule has 0 radical (unpaired) electrons. The Morgan fingerprint density at radius 1 is 1.12 bits per heavy atom. The molecule has 2 aliphatic rings. The van der Waals surface area contributed by atoms with Gasteiger partial charge in [0.2, 0.25) is 5.91 Å². The van der Waals surface area contributed by atoms with Crippen molar-refractivity contribution in [1.82, 2.24) is 5.32 Å². The first-order chi connectivity index (χ1) is 15.7. The quantitative estimate of drug-likeness (QED) is 0.632. The lowest BCUT2D eigenvalue weighted by atomic mass is 9.94. The number of rotatable bonds is 5. The second-order valence-corrected chi connectivity index (χ2v) is 9.36. The number of nitrogens with one attached hydrogen (secondary N) is 1. The monoisotopic (exact) mass is 472 g/mol. The summed E-state index contributed by atoms with van der Waals surface area (Å²) in [4.78, 5) is 27.0. The molecule has 8 heteroatoms. The van der Waals surface area contributed by atoms with Crippen molar-refractivity contribution in [2.24, 2.45) is 5.92 Å². The number of amides is 2. The van der Waals surface area contributed by atoms with E-state index in [1.807, 2.05) is 13.8 Å². The van der Waals surface area contributed by atoms with Crippen LogP contribution in [0.15, 0.2) is 60.0 Å². The summed E-state index contributed by atoms with van der Waals surface area (Å²) >= 11 is 1.51. The highest BCUT2D eigenvalue weighted by atomic mass is 32.2. The number of hydrogen-bond acceptors (Lipinski definition) is 3. The number of allylic oxidation sites excluding steroid dienone is 3. The Morgan fingerprint density at radius 2 is 1.85 bits per heavy atom. The zero-order valence-corrected chi connectivity index (χ0v) is 19.0. The average molecular weight is 473 g/mol. The van der Waals surface area contributed by atoms with E-state index in [1.54, 1.807) is 29.2 Å². The Labute approximate surface area is 194 Å². The lowest BCUT2D eigenvalue weighted by molar-refractivity contribution is -0.115. The summed E-state index contributed by atoms with van der Waals surface area (Å²) in [6, 6.07) is 8.13. The number of nitrogens with zero attached hydrogens (tertiary/aromatic N) is 1. The molecule has 2 aromatic rings. The van der Waals surface area contributed by atoms with E-state index in [0.717, 1.165) is 29.3 Å². The van der Waals surface area contributed by atoms with Gasteiger partial charge in [-0.1, -0.05) is 13.0 Å². The Bertz CT molecular complexity index is 1160. The third kappa shape index (κ3) is 5.00. The minimum absolute atomic E-state index is 0.0198. The predicted molar refractivity (Wildman–Crippen MR) is 123 cm³/mol. The number of hydrogen-bond donors (Lipinski definition) is 1. The fourth-order valence-corrected chi connectivity index (χ4v) is 5.28. The fraction of sp³-hybridized carbons (Fsp3) is 0.280. The number of thioether (sulfide) groups is 1. The van der Waals surface area contributed by atoms with Crippen molar-refractivity contribution in [2.75, 3.05) is 10.7 Å². The molecule has 4 nitrogen and oxygen atoms in total. The van der Waals surface area contributed by atoms with Gasteiger partial charge in [0.15, 0.2) is 0 Å². The van der Waals surface area contributed by atoms with Gasteiger partial charge in [0.25, 0.3) is 5.91 Å². The molecule has 1 N–H and O–H groups in total. The molecule has 33 heavy (non-hydrogen) atoms. The van der Waals surface area contributed by atoms with Gasteiger partial charge in [-0.15, -0.1) is 11.8 Å². The summed E-state index contributed by atoms with van der Waals surface area (Å²) in [5.74, 6) is -1.90. The topological polar surface area (TPSA) is 49.4 Å². The molecular formula is C25H23F3N2O2S. The van der Waals surface area contributed by atoms with Crippen molar-refractivity contribution in [3.8, 4) is 0 Å². The van der Waals surface area contributed by atoms with Crippen molar-refractivity contribution in [2.45, 2.75) is 32.2 Å². The molecule has 1 fully saturated rings. The van der Waals surface area contributed by atoms with Crippen LogP contribution in [0.3, 0.4) is 0 Å². The molecule has 4 rings (SSSR count). The lowest BCUT2D eigenvalue weighted by Crippen LogP contribution is -2.35. The minimum Gasteiger partial charge on any atom is -0.348 e. The van der Waals surface area contributed by atoms with Gasteiger partial charge in [0.05, 0.1) is 5.75 Å². The Hall–Kier alpha value is -3.00. The van der Waals surface area contributed by atoms with Crippen LogP contribution >= 0.6 is 11.8 Å². The van der Waals surface area contributed by atoms with E-state index in [-0.39, 0.29) is 29.6 Å². The molecule has 2 unspecified atom stereocenters. The lowest BCUT2D eigenvalue weighted by Gasteiger charge is -2.30. The van der Waals surface area contributed by atoms with E-state index in [4.69, 9.17) is 0 Å². The van der Waals surface area contributed by atoms with Crippen LogP contribution in [0.4, 0.5) is 18.9 Å². The molecule has 0 bridgehead atoms. The average Bonchev–Trinajstić information content (AvgIpc) is 3.14. The number of benzene rings is 2. The van der Waals surface area contributed by atoms with Gasteiger partial charge in [0, 0.05) is 29.8 Å². The SMILES string of the molecule is Cc1cc(C(=O)NCc2cc(F)cc(F)c2)ccc1N1C(=O)CSC1C1=CC=C(F)C(C)C1. The van der Waals surface area contributed by atoms with Crippen LogP contribution in [0, 0.1) is 24.5 Å². The van der Waals surface area contributed by atoms with Crippen molar-refractivity contribution < 1.29 is 22.8 Å². The maximum absolute atomic E-state index is 13.8. The molecule has 1 aliphatic carbocycles. The highest BCUT2D eigenvalue weighted by molar-refractivity contribution is 8.01. The van der Waals surface area contributed by atoms with Crippen molar-refractivity contribution >= 4 is 29.3 Å². The van der Waals surface area contributed by atoms with Crippen LogP contribution < -0.4 is 10.2 Å². The zero-order valence-electron chi connectivity index (χ0n) is 18.2. The molecule has 0 aromatic heterocycles. The summed E-state index contributed by atoms with van der Waals surface area (Å²) in [7, 11) is 0. The number of carbonyl (C=O) groups excluding carboxylic acids is 2. The molecule has 172 valence electrons. The van der Waals surface area contributed by atoms with Crippen LogP contribution in [-0.2, 0) is 11.3 Å². The Balaban J connectivity index is 1.51. The molecule has 2 atom stereocenters. The summed E-state index contributed by atoms with van der Waals surface area (Å²) in [5, 5.41) is 2.44. The summed E-state index contributed by atoms with van der Waals surface area (Å²) in [6.07, 6.45) is 3.77. The summed E-state index contributed by atoms with van der Waals surface area (Å²) in [5.41, 5.74) is 3.12. The van der Waals surface area contributed by atoms with E-state index >= 15 is 0 Å². The van der Waals surface area contributed by atoms with Crippen LogP contribution in [0.5, 0.6) is 0 Å². The van der Waals surface area contributed by atoms with Crippen molar-refractivity contribution in [3.05, 3.63) is 88.3 Å². The van der Waals surface area contributed by atoms with Gasteiger partial charge in [-0.05, 0) is 66.5 Å². The first-order valence-electron chi connectivity index (χ1n) is 10.6. The van der Waals surface area contributed by atoms with Gasteiger partial charge in [0.1, 0.15) is 22.8 Å². The highest BCUT2D eigenvalue weighted by Gasteiger charge is 2.37. The van der Waals surface area contributed by atoms with Crippen LogP contribution in [0.1, 0.15) is 34.8 Å². The molecule has 2 amide bonds. The predicted octanol–water partition coefficient (Wildman–Crippen LogP) is 5.43. The number of halogens is 3. The van der Waals surface area contributed by atoms with Crippen LogP contribution in [0.25, 0.3) is 0 Å². The molecule has 1 heterocycles. The van der Waals surface area contributed by atoms with E-state index < -0.39 is 17.5 Å². The number of carbonyl (C=O) groups is 2. The summed E-state index contributed by atoms with van der Waals surface area (Å²) in [6.45, 7) is 3.62. The van der Waals surface area contributed by atoms with Gasteiger partial charge >= 0.3 is 0 Å². The van der Waals surface area contributed by atoms with Crippen LogP contribution in [-0.4, -0.2) is 22.9 Å². The van der Waals surface area contributed by atoms with Crippen molar-refractivity contribution in [3.63, 3.8) is 0 Å². The van der Waals surface area contributed by atoms with Crippen LogP contribution in [0.2, 0.25) is 0 Å². The molecule has 2 aromatic carbocycles. The number of aryl methyl sites for hydroxylation is 1. The first-order valence-corrected chi connectivity index (χ1v) is 11.6. The normalized spacial score (nSPS) is 20.5. The van der Waals surface area contributed by atoms with Gasteiger partial charge in [-0.25, -0.2) is 13.2 Å². The number of anilines is 1. The molecule has 0 saturated carbocycles. The standard InChI is InChI=1S/C25H23F3N2O2S/c1-14-7-18(3-5-21(14)28)25-30(23(31)13-33-25)22-6-4-17(8-15(22)2)24(32)29-12-16-9-19(26)11-20(27)10-16/h3-6,8-11,14,25H,7,12-13H2,1-2H3,(H,29,32). The third-order valence-corrected chi connectivity index (χ3v) is 6.99. The van der Waals surface area contributed by atoms with E-state index in [1.165, 1.54) is 17.8 Å².